The Hall–Kier alpha value is -9.50. The van der Waals surface area contributed by atoms with Crippen LogP contribution in [0.3, 0.4) is 0 Å². The smallest absolute Gasteiger partial charge is 0.0619 e. The molecule has 0 spiro atoms. The monoisotopic (exact) mass is 914 g/mol. The first kappa shape index (κ1) is 41.5. The predicted octanol–water partition coefficient (Wildman–Crippen LogP) is 19.0. The van der Waals surface area contributed by atoms with Gasteiger partial charge in [-0.1, -0.05) is 243 Å². The normalized spacial score (nSPS) is 11.6. The first-order chi connectivity index (χ1) is 35.8. The van der Waals surface area contributed by atoms with Crippen molar-refractivity contribution in [2.45, 2.75) is 0 Å². The molecule has 0 aliphatic carbocycles. The second-order valence-electron chi connectivity index (χ2n) is 18.7. The largest absolute Gasteiger partial charge is 0.309 e. The zero-order valence-electron chi connectivity index (χ0n) is 39.5. The van der Waals surface area contributed by atoms with Crippen LogP contribution in [-0.2, 0) is 0 Å². The number of benzene rings is 12. The van der Waals surface area contributed by atoms with Crippen molar-refractivity contribution in [2.75, 3.05) is 0 Å². The van der Waals surface area contributed by atoms with Crippen LogP contribution >= 0.6 is 0 Å². The molecule has 0 aliphatic heterocycles. The van der Waals surface area contributed by atoms with Crippen molar-refractivity contribution >= 4 is 54.4 Å². The van der Waals surface area contributed by atoms with Gasteiger partial charge in [-0.3, -0.25) is 0 Å². The Labute approximate surface area is 418 Å². The molecule has 2 heterocycles. The molecular weight excluding hydrogens is 869 g/mol. The van der Waals surface area contributed by atoms with E-state index < -0.39 is 0 Å². The van der Waals surface area contributed by atoms with Crippen LogP contribution in [0.5, 0.6) is 0 Å². The summed E-state index contributed by atoms with van der Waals surface area (Å²) in [4.78, 5) is 0. The lowest BCUT2D eigenvalue weighted by Crippen LogP contribution is -1.97. The molecule has 0 amide bonds. The van der Waals surface area contributed by atoms with E-state index in [0.29, 0.717) is 0 Å². The van der Waals surface area contributed by atoms with Crippen molar-refractivity contribution in [1.82, 2.24) is 9.13 Å². The van der Waals surface area contributed by atoms with E-state index >= 15 is 0 Å². The minimum atomic E-state index is 1.13. The Morgan fingerprint density at radius 1 is 0.194 bits per heavy atom. The average Bonchev–Trinajstić information content (AvgIpc) is 3.99. The molecule has 0 unspecified atom stereocenters. The third-order valence-electron chi connectivity index (χ3n) is 14.8. The van der Waals surface area contributed by atoms with Gasteiger partial charge in [-0.25, -0.2) is 0 Å². The molecule has 0 atom stereocenters. The van der Waals surface area contributed by atoms with Gasteiger partial charge in [0.2, 0.25) is 0 Å². The van der Waals surface area contributed by atoms with E-state index in [-0.39, 0.29) is 0 Å². The summed E-state index contributed by atoms with van der Waals surface area (Å²) in [5, 5.41) is 7.37. The number of para-hydroxylation sites is 4. The van der Waals surface area contributed by atoms with Gasteiger partial charge in [-0.05, 0) is 103 Å². The van der Waals surface area contributed by atoms with Crippen molar-refractivity contribution in [3.8, 4) is 78.1 Å². The summed E-state index contributed by atoms with van der Waals surface area (Å²) in [5.41, 5.74) is 21.4. The third kappa shape index (κ3) is 6.72. The van der Waals surface area contributed by atoms with Crippen LogP contribution in [-0.4, -0.2) is 9.13 Å². The van der Waals surface area contributed by atoms with E-state index in [9.17, 15) is 0 Å². The molecule has 14 aromatic rings. The Morgan fingerprint density at radius 2 is 0.500 bits per heavy atom. The van der Waals surface area contributed by atoms with Crippen molar-refractivity contribution in [2.24, 2.45) is 0 Å². The van der Waals surface area contributed by atoms with E-state index in [2.05, 4.69) is 288 Å². The second kappa shape index (κ2) is 17.2. The Kier molecular flexibility index (Phi) is 9.89. The van der Waals surface area contributed by atoms with Crippen LogP contribution in [0, 0.1) is 0 Å². The summed E-state index contributed by atoms with van der Waals surface area (Å²) in [7, 11) is 0. The fraction of sp³-hybridized carbons (Fsp3) is 0. The number of nitrogens with zero attached hydrogens (tertiary/aromatic N) is 2. The number of fused-ring (bicyclic) bond motifs is 7. The van der Waals surface area contributed by atoms with Crippen LogP contribution in [0.2, 0.25) is 0 Å². The lowest BCUT2D eigenvalue weighted by Gasteiger charge is -2.19. The Morgan fingerprint density at radius 3 is 0.931 bits per heavy atom. The molecule has 0 saturated heterocycles. The van der Waals surface area contributed by atoms with Gasteiger partial charge in [0.1, 0.15) is 0 Å². The number of hydrogen-bond donors (Lipinski definition) is 0. The van der Waals surface area contributed by atoms with Gasteiger partial charge in [0.05, 0.1) is 22.1 Å². The van der Waals surface area contributed by atoms with Crippen LogP contribution in [0.15, 0.2) is 279 Å². The highest BCUT2D eigenvalue weighted by Crippen LogP contribution is 2.47. The Balaban J connectivity index is 0.961. The molecule has 0 aliphatic rings. The van der Waals surface area contributed by atoms with Gasteiger partial charge in [0, 0.05) is 44.0 Å². The van der Waals surface area contributed by atoms with Gasteiger partial charge in [0.15, 0.2) is 0 Å². The van der Waals surface area contributed by atoms with E-state index in [1.807, 2.05) is 0 Å². The van der Waals surface area contributed by atoms with Gasteiger partial charge in [-0.15, -0.1) is 0 Å². The first-order valence-corrected chi connectivity index (χ1v) is 24.8. The van der Waals surface area contributed by atoms with E-state index in [1.54, 1.807) is 0 Å². The standard InChI is InChI=1S/C70H46N2/c1-3-19-47(20-4-1)49-39-43-52(44-40-49)71-66-37-13-11-29-58(66)64-35-17-33-62(69(64)71)56-27-9-7-25-54(56)60-31-15-23-51-24-16-32-61(68(51)60)55-26-8-10-28-57(55)63-34-18-36-65-59-30-12-14-38-67(59)72(70(63)65)53-45-41-50(42-46-53)48-21-5-2-6-22-48/h1-46H. The number of rotatable bonds is 8. The first-order valence-electron chi connectivity index (χ1n) is 24.8. The maximum Gasteiger partial charge on any atom is 0.0619 e. The second-order valence-corrected chi connectivity index (χ2v) is 18.7. The summed E-state index contributed by atoms with van der Waals surface area (Å²) in [5.74, 6) is 0. The van der Waals surface area contributed by atoms with Gasteiger partial charge >= 0.3 is 0 Å². The van der Waals surface area contributed by atoms with Crippen LogP contribution in [0.4, 0.5) is 0 Å². The summed E-state index contributed by atoms with van der Waals surface area (Å²) in [6.07, 6.45) is 0. The zero-order valence-corrected chi connectivity index (χ0v) is 39.5. The maximum atomic E-state index is 2.47. The lowest BCUT2D eigenvalue weighted by molar-refractivity contribution is 1.18. The molecule has 2 aromatic heterocycles. The van der Waals surface area contributed by atoms with E-state index in [0.717, 1.165) is 11.4 Å². The number of hydrogen-bond acceptors (Lipinski definition) is 0. The van der Waals surface area contributed by atoms with E-state index in [1.165, 1.54) is 121 Å². The van der Waals surface area contributed by atoms with Gasteiger partial charge < -0.3 is 9.13 Å². The van der Waals surface area contributed by atoms with Crippen LogP contribution in [0.1, 0.15) is 0 Å². The highest BCUT2D eigenvalue weighted by atomic mass is 15.0. The van der Waals surface area contributed by atoms with Gasteiger partial charge in [-0.2, -0.15) is 0 Å². The molecule has 0 saturated carbocycles. The molecule has 0 N–H and O–H groups in total. The third-order valence-corrected chi connectivity index (χ3v) is 14.8. The molecule has 2 nitrogen and oxygen atoms in total. The summed E-state index contributed by atoms with van der Waals surface area (Å²) in [6.45, 7) is 0. The lowest BCUT2D eigenvalue weighted by atomic mass is 9.85. The molecule has 0 bridgehead atoms. The highest BCUT2D eigenvalue weighted by molar-refractivity contribution is 6.18. The molecule has 12 aromatic carbocycles. The van der Waals surface area contributed by atoms with Crippen molar-refractivity contribution in [3.05, 3.63) is 279 Å². The van der Waals surface area contributed by atoms with Crippen LogP contribution in [0.25, 0.3) is 133 Å². The number of aromatic nitrogens is 2. The Bertz CT molecular complexity index is 4070. The minimum Gasteiger partial charge on any atom is -0.309 e. The molecule has 14 rings (SSSR count). The molecule has 72 heavy (non-hydrogen) atoms. The molecule has 336 valence electrons. The zero-order chi connectivity index (χ0) is 47.5. The summed E-state index contributed by atoms with van der Waals surface area (Å²) >= 11 is 0. The molecule has 2 heteroatoms. The summed E-state index contributed by atoms with van der Waals surface area (Å²) in [6, 6.07) is 102. The highest BCUT2D eigenvalue weighted by Gasteiger charge is 2.23. The fourth-order valence-corrected chi connectivity index (χ4v) is 11.6. The van der Waals surface area contributed by atoms with Crippen LogP contribution < -0.4 is 0 Å². The minimum absolute atomic E-state index is 1.13. The van der Waals surface area contributed by atoms with Crippen molar-refractivity contribution in [1.29, 1.82) is 0 Å². The molecular formula is C70H46N2. The molecule has 0 fully saturated rings. The maximum absolute atomic E-state index is 2.47. The van der Waals surface area contributed by atoms with E-state index in [4.69, 9.17) is 0 Å². The predicted molar refractivity (Wildman–Crippen MR) is 305 cm³/mol. The summed E-state index contributed by atoms with van der Waals surface area (Å²) < 4.78 is 4.93. The SMILES string of the molecule is c1ccc(-c2ccc(-n3c4ccccc4c4cccc(-c5ccccc5-c5cccc6cccc(-c7ccccc7-c7cccc8c9ccccc9n(-c9ccc(-c%10ccccc%10)cc9)c78)c56)c43)cc2)cc1. The average molecular weight is 915 g/mol. The quantitative estimate of drug-likeness (QED) is 0.144. The topological polar surface area (TPSA) is 9.86 Å². The molecule has 0 radical (unpaired) electrons. The van der Waals surface area contributed by atoms with Crippen molar-refractivity contribution < 1.29 is 0 Å². The van der Waals surface area contributed by atoms with Gasteiger partial charge in [0.25, 0.3) is 0 Å². The van der Waals surface area contributed by atoms with Crippen molar-refractivity contribution in [3.63, 3.8) is 0 Å². The fourth-order valence-electron chi connectivity index (χ4n) is 11.6.